The first kappa shape index (κ1) is 33.3. The minimum Gasteiger partial charge on any atom is -0.464 e. The van der Waals surface area contributed by atoms with Gasteiger partial charge >= 0.3 is 17.9 Å². The van der Waals surface area contributed by atoms with Gasteiger partial charge in [0.25, 0.3) is 0 Å². The van der Waals surface area contributed by atoms with Gasteiger partial charge in [0, 0.05) is 0 Å². The molecule has 0 spiro atoms. The monoisotopic (exact) mass is 626 g/mol. The van der Waals surface area contributed by atoms with Crippen LogP contribution in [0.5, 0.6) is 0 Å². The molecular weight excluding hydrogens is 564 g/mol. The molecule has 9 atom stereocenters. The summed E-state index contributed by atoms with van der Waals surface area (Å²) in [6.45, 7) is 22.3. The molecule has 0 N–H and O–H groups in total. The number of esters is 3. The fourth-order valence-electron chi connectivity index (χ4n) is 12.2. The van der Waals surface area contributed by atoms with Crippen molar-refractivity contribution >= 4 is 17.9 Å². The zero-order valence-electron chi connectivity index (χ0n) is 30.1. The van der Waals surface area contributed by atoms with E-state index in [-0.39, 0.29) is 54.0 Å². The molecule has 0 aromatic rings. The fraction of sp³-hybridized carbons (Fsp3) is 0.923. The third-order valence-corrected chi connectivity index (χ3v) is 15.8. The Kier molecular flexibility index (Phi) is 7.74. The molecule has 0 saturated heterocycles. The molecule has 0 radical (unpaired) electrons. The molecule has 6 aliphatic rings. The molecule has 6 heteroatoms. The SMILES string of the molecule is CCC(COC(=O)C12CC(C)CCC1C2(C)C)(COC(=O)C12CC(C)CCC1C2(C)C)COC(=O)C12CC(C)CCC1C2(C)C. The van der Waals surface area contributed by atoms with Crippen LogP contribution < -0.4 is 0 Å². The number of rotatable bonds is 10. The van der Waals surface area contributed by atoms with Crippen molar-refractivity contribution in [2.24, 2.45) is 73.4 Å². The molecule has 254 valence electrons. The van der Waals surface area contributed by atoms with Crippen LogP contribution in [0.25, 0.3) is 0 Å². The van der Waals surface area contributed by atoms with Gasteiger partial charge in [0.05, 0.1) is 21.7 Å². The van der Waals surface area contributed by atoms with Crippen molar-refractivity contribution in [2.75, 3.05) is 19.8 Å². The zero-order valence-corrected chi connectivity index (χ0v) is 30.1. The van der Waals surface area contributed by atoms with Gasteiger partial charge in [-0.3, -0.25) is 14.4 Å². The summed E-state index contributed by atoms with van der Waals surface area (Å²) in [6.07, 6.45) is 9.81. The molecule has 9 unspecified atom stereocenters. The van der Waals surface area contributed by atoms with E-state index in [0.29, 0.717) is 41.9 Å². The molecule has 45 heavy (non-hydrogen) atoms. The summed E-state index contributed by atoms with van der Waals surface area (Å²) in [4.78, 5) is 41.9. The first-order chi connectivity index (χ1) is 20.9. The summed E-state index contributed by atoms with van der Waals surface area (Å²) in [7, 11) is 0. The lowest BCUT2D eigenvalue weighted by atomic mass is 9.80. The van der Waals surface area contributed by atoms with Gasteiger partial charge in [-0.2, -0.15) is 0 Å². The van der Waals surface area contributed by atoms with E-state index in [1.165, 1.54) is 0 Å². The Hall–Kier alpha value is -1.59. The lowest BCUT2D eigenvalue weighted by molar-refractivity contribution is -0.173. The van der Waals surface area contributed by atoms with Gasteiger partial charge in [-0.1, -0.05) is 88.5 Å². The summed E-state index contributed by atoms with van der Waals surface area (Å²) in [5.74, 6) is 2.17. The highest BCUT2D eigenvalue weighted by Gasteiger charge is 2.78. The second kappa shape index (κ2) is 10.5. The van der Waals surface area contributed by atoms with E-state index in [0.717, 1.165) is 57.8 Å². The molecular formula is C39H62O6. The summed E-state index contributed by atoms with van der Waals surface area (Å²) in [6, 6.07) is 0. The molecule has 0 heterocycles. The Labute approximate surface area is 272 Å². The van der Waals surface area contributed by atoms with Crippen molar-refractivity contribution in [3.8, 4) is 0 Å². The first-order valence-corrected chi connectivity index (χ1v) is 18.4. The predicted molar refractivity (Wildman–Crippen MR) is 174 cm³/mol. The molecule has 6 fully saturated rings. The van der Waals surface area contributed by atoms with Gasteiger partial charge in [0.1, 0.15) is 19.8 Å². The van der Waals surface area contributed by atoms with Crippen molar-refractivity contribution < 1.29 is 28.6 Å². The molecule has 0 aromatic carbocycles. The topological polar surface area (TPSA) is 78.9 Å². The third-order valence-electron chi connectivity index (χ3n) is 15.8. The van der Waals surface area contributed by atoms with Crippen molar-refractivity contribution in [1.82, 2.24) is 0 Å². The summed E-state index contributed by atoms with van der Waals surface area (Å²) >= 11 is 0. The molecule has 0 aromatic heterocycles. The van der Waals surface area contributed by atoms with E-state index in [9.17, 15) is 14.4 Å². The normalized spacial score (nSPS) is 44.1. The molecule has 6 saturated carbocycles. The van der Waals surface area contributed by atoms with Crippen LogP contribution in [0.1, 0.15) is 133 Å². The number of fused-ring (bicyclic) bond motifs is 3. The third kappa shape index (κ3) is 4.47. The Morgan fingerprint density at radius 2 is 0.800 bits per heavy atom. The standard InChI is InChI=1S/C39H62O6/c1-11-36(21-43-30(40)37-18-24(2)12-15-27(37)33(37,5)6,22-44-31(41)38-19-25(3)13-16-28(38)34(38,7)8)23-45-32(42)39-20-26(4)14-17-29(39)35(39,9)10/h24-29H,11-23H2,1-10H3. The van der Waals surface area contributed by atoms with Crippen LogP contribution in [-0.2, 0) is 28.6 Å². The Bertz CT molecular complexity index is 1090. The van der Waals surface area contributed by atoms with E-state index >= 15 is 0 Å². The smallest absolute Gasteiger partial charge is 0.312 e. The highest BCUT2D eigenvalue weighted by atomic mass is 16.6. The number of carbonyl (C=O) groups is 3. The van der Waals surface area contributed by atoms with Crippen LogP contribution in [0, 0.1) is 73.4 Å². The Morgan fingerprint density at radius 3 is 1.04 bits per heavy atom. The Balaban J connectivity index is 1.20. The van der Waals surface area contributed by atoms with Crippen molar-refractivity contribution in [2.45, 2.75) is 133 Å². The average Bonchev–Trinajstić information content (AvgIpc) is 3.83. The summed E-state index contributed by atoms with van der Waals surface area (Å²) in [5.41, 5.74) is -2.34. The second-order valence-corrected chi connectivity index (χ2v) is 19.0. The van der Waals surface area contributed by atoms with Gasteiger partial charge in [0.15, 0.2) is 0 Å². The fourth-order valence-corrected chi connectivity index (χ4v) is 12.2. The van der Waals surface area contributed by atoms with E-state index < -0.39 is 21.7 Å². The highest BCUT2D eigenvalue weighted by molar-refractivity contribution is 5.84. The molecule has 6 rings (SSSR count). The van der Waals surface area contributed by atoms with Crippen LogP contribution in [0.3, 0.4) is 0 Å². The zero-order chi connectivity index (χ0) is 33.0. The molecule has 0 amide bonds. The lowest BCUT2D eigenvalue weighted by Crippen LogP contribution is -2.43. The number of hydrogen-bond acceptors (Lipinski definition) is 6. The Morgan fingerprint density at radius 1 is 0.533 bits per heavy atom. The number of carbonyl (C=O) groups excluding carboxylic acids is 3. The first-order valence-electron chi connectivity index (χ1n) is 18.4. The lowest BCUT2D eigenvalue weighted by Gasteiger charge is -2.35. The summed E-state index contributed by atoms with van der Waals surface area (Å²) < 4.78 is 18.9. The quantitative estimate of drug-likeness (QED) is 0.179. The van der Waals surface area contributed by atoms with E-state index in [2.05, 4.69) is 62.3 Å². The maximum Gasteiger partial charge on any atom is 0.312 e. The maximum atomic E-state index is 14.0. The van der Waals surface area contributed by atoms with Crippen LogP contribution in [0.4, 0.5) is 0 Å². The average molecular weight is 627 g/mol. The maximum absolute atomic E-state index is 14.0. The molecule has 0 bridgehead atoms. The molecule has 0 aliphatic heterocycles. The summed E-state index contributed by atoms with van der Waals surface area (Å²) in [5, 5.41) is 0. The van der Waals surface area contributed by atoms with Gasteiger partial charge < -0.3 is 14.2 Å². The van der Waals surface area contributed by atoms with Crippen LogP contribution in [0.2, 0.25) is 0 Å². The van der Waals surface area contributed by atoms with Crippen LogP contribution in [-0.4, -0.2) is 37.7 Å². The number of hydrogen-bond donors (Lipinski definition) is 0. The van der Waals surface area contributed by atoms with Gasteiger partial charge in [0.2, 0.25) is 0 Å². The minimum absolute atomic E-state index is 0.0740. The van der Waals surface area contributed by atoms with Crippen molar-refractivity contribution in [3.63, 3.8) is 0 Å². The molecule has 6 aliphatic carbocycles. The predicted octanol–water partition coefficient (Wildman–Crippen LogP) is 8.40. The van der Waals surface area contributed by atoms with Crippen LogP contribution >= 0.6 is 0 Å². The van der Waals surface area contributed by atoms with Crippen LogP contribution in [0.15, 0.2) is 0 Å². The largest absolute Gasteiger partial charge is 0.464 e. The van der Waals surface area contributed by atoms with E-state index in [4.69, 9.17) is 14.2 Å². The number of ether oxygens (including phenoxy) is 3. The van der Waals surface area contributed by atoms with E-state index in [1.54, 1.807) is 0 Å². The van der Waals surface area contributed by atoms with Gasteiger partial charge in [-0.05, 0) is 96.7 Å². The van der Waals surface area contributed by atoms with Gasteiger partial charge in [-0.15, -0.1) is 0 Å². The van der Waals surface area contributed by atoms with E-state index in [1.807, 2.05) is 6.92 Å². The van der Waals surface area contributed by atoms with Crippen molar-refractivity contribution in [3.05, 3.63) is 0 Å². The second-order valence-electron chi connectivity index (χ2n) is 19.0. The minimum atomic E-state index is -0.788. The van der Waals surface area contributed by atoms with Crippen molar-refractivity contribution in [1.29, 1.82) is 0 Å². The molecule has 6 nitrogen and oxygen atoms in total. The highest BCUT2D eigenvalue weighted by Crippen LogP contribution is 2.78. The van der Waals surface area contributed by atoms with Gasteiger partial charge in [-0.25, -0.2) is 0 Å².